The number of nitrogens with zero attached hydrogens (tertiary/aromatic N) is 2. The highest BCUT2D eigenvalue weighted by Crippen LogP contribution is 2.32. The minimum absolute atomic E-state index is 0.0769. The molecule has 2 fully saturated rings. The monoisotopic (exact) mass is 387 g/mol. The maximum Gasteiger partial charge on any atom is 0.225 e. The van der Waals surface area contributed by atoms with Crippen molar-refractivity contribution in [2.75, 3.05) is 44.7 Å². The molecule has 1 heterocycles. The van der Waals surface area contributed by atoms with Crippen LogP contribution >= 0.6 is 0 Å². The van der Waals surface area contributed by atoms with E-state index >= 15 is 0 Å². The minimum Gasteiger partial charge on any atom is -0.495 e. The molecule has 1 saturated carbocycles. The zero-order chi connectivity index (χ0) is 19.9. The molecule has 0 unspecified atom stereocenters. The van der Waals surface area contributed by atoms with E-state index in [1.54, 1.807) is 7.11 Å². The predicted molar refractivity (Wildman–Crippen MR) is 111 cm³/mol. The lowest BCUT2D eigenvalue weighted by Gasteiger charge is -2.39. The molecule has 1 aromatic carbocycles. The first kappa shape index (κ1) is 20.5. The van der Waals surface area contributed by atoms with Gasteiger partial charge in [-0.05, 0) is 44.2 Å². The maximum atomic E-state index is 13.0. The van der Waals surface area contributed by atoms with E-state index in [4.69, 9.17) is 4.74 Å². The molecule has 0 radical (unpaired) electrons. The van der Waals surface area contributed by atoms with Crippen LogP contribution in [0.4, 0.5) is 5.69 Å². The van der Waals surface area contributed by atoms with Crippen LogP contribution in [0.2, 0.25) is 0 Å². The van der Waals surface area contributed by atoms with Gasteiger partial charge in [-0.2, -0.15) is 0 Å². The molecule has 1 N–H and O–H groups in total. The van der Waals surface area contributed by atoms with Crippen molar-refractivity contribution in [1.29, 1.82) is 0 Å². The van der Waals surface area contributed by atoms with Gasteiger partial charge in [-0.3, -0.25) is 9.59 Å². The second-order valence-corrected chi connectivity index (χ2v) is 7.82. The molecule has 0 bridgehead atoms. The summed E-state index contributed by atoms with van der Waals surface area (Å²) in [6, 6.07) is 8.04. The van der Waals surface area contributed by atoms with E-state index in [1.807, 2.05) is 23.1 Å². The number of anilines is 1. The van der Waals surface area contributed by atoms with Gasteiger partial charge >= 0.3 is 0 Å². The molecule has 1 saturated heterocycles. The van der Waals surface area contributed by atoms with Crippen LogP contribution in [0.25, 0.3) is 0 Å². The molecule has 28 heavy (non-hydrogen) atoms. The summed E-state index contributed by atoms with van der Waals surface area (Å²) in [5, 5.41) is 2.99. The fraction of sp³-hybridized carbons (Fsp3) is 0.636. The van der Waals surface area contributed by atoms with Crippen molar-refractivity contribution in [3.05, 3.63) is 24.3 Å². The summed E-state index contributed by atoms with van der Waals surface area (Å²) in [6.45, 7) is 5.93. The summed E-state index contributed by atoms with van der Waals surface area (Å²) in [5.41, 5.74) is 1.09. The minimum atomic E-state index is 0.0769. The Morgan fingerprint density at radius 2 is 1.68 bits per heavy atom. The molecule has 6 heteroatoms. The smallest absolute Gasteiger partial charge is 0.225 e. The van der Waals surface area contributed by atoms with E-state index in [2.05, 4.69) is 23.2 Å². The van der Waals surface area contributed by atoms with E-state index in [0.29, 0.717) is 0 Å². The summed E-state index contributed by atoms with van der Waals surface area (Å²) in [5.74, 6) is 1.47. The average molecular weight is 388 g/mol. The fourth-order valence-electron chi connectivity index (χ4n) is 4.31. The number of ether oxygens (including phenoxy) is 1. The van der Waals surface area contributed by atoms with Crippen LogP contribution in [0, 0.1) is 11.8 Å². The highest BCUT2D eigenvalue weighted by molar-refractivity contribution is 5.81. The lowest BCUT2D eigenvalue weighted by molar-refractivity contribution is -0.138. The van der Waals surface area contributed by atoms with E-state index in [9.17, 15) is 9.59 Å². The molecule has 1 aromatic rings. The van der Waals surface area contributed by atoms with Gasteiger partial charge in [-0.25, -0.2) is 0 Å². The third-order valence-corrected chi connectivity index (χ3v) is 6.01. The number of amides is 2. The van der Waals surface area contributed by atoms with Crippen LogP contribution in [0.3, 0.4) is 0 Å². The Kier molecular flexibility index (Phi) is 7.18. The third kappa shape index (κ3) is 4.78. The molecule has 1 aliphatic carbocycles. The van der Waals surface area contributed by atoms with E-state index in [-0.39, 0.29) is 23.7 Å². The molecule has 2 amide bonds. The van der Waals surface area contributed by atoms with E-state index in [1.165, 1.54) is 0 Å². The van der Waals surface area contributed by atoms with Gasteiger partial charge in [0.05, 0.1) is 12.8 Å². The van der Waals surface area contributed by atoms with Gasteiger partial charge in [-0.15, -0.1) is 0 Å². The molecular formula is C22H33N3O3. The topological polar surface area (TPSA) is 61.9 Å². The second kappa shape index (κ2) is 9.80. The number of nitrogens with one attached hydrogen (secondary N) is 1. The third-order valence-electron chi connectivity index (χ3n) is 6.01. The van der Waals surface area contributed by atoms with E-state index < -0.39 is 0 Å². The Bertz CT molecular complexity index is 663. The van der Waals surface area contributed by atoms with Crippen molar-refractivity contribution in [2.24, 2.45) is 11.8 Å². The highest BCUT2D eigenvalue weighted by Gasteiger charge is 2.33. The quantitative estimate of drug-likeness (QED) is 0.815. The van der Waals surface area contributed by atoms with Gasteiger partial charge in [0.15, 0.2) is 0 Å². The predicted octanol–water partition coefficient (Wildman–Crippen LogP) is 2.68. The number of hydrogen-bond acceptors (Lipinski definition) is 4. The van der Waals surface area contributed by atoms with Crippen molar-refractivity contribution in [1.82, 2.24) is 10.2 Å². The Labute approximate surface area is 168 Å². The zero-order valence-corrected chi connectivity index (χ0v) is 17.2. The summed E-state index contributed by atoms with van der Waals surface area (Å²) >= 11 is 0. The number of carbonyl (C=O) groups is 2. The lowest BCUT2D eigenvalue weighted by atomic mass is 9.81. The standard InChI is InChI=1S/C22H33N3O3/c1-3-12-23-21(26)17-8-10-18(11-9-17)22(27)25-15-13-24(14-16-25)19-6-4-5-7-20(19)28-2/h4-7,17-18H,3,8-16H2,1-2H3,(H,23,26). The number of para-hydroxylation sites is 2. The van der Waals surface area contributed by atoms with Gasteiger partial charge in [0.1, 0.15) is 5.75 Å². The molecule has 0 atom stereocenters. The Morgan fingerprint density at radius 1 is 1.04 bits per heavy atom. The number of methoxy groups -OCH3 is 1. The number of benzene rings is 1. The van der Waals surface area contributed by atoms with Crippen LogP contribution < -0.4 is 15.0 Å². The van der Waals surface area contributed by atoms with Crippen molar-refractivity contribution in [2.45, 2.75) is 39.0 Å². The van der Waals surface area contributed by atoms with Gasteiger partial charge in [0.25, 0.3) is 0 Å². The molecule has 2 aliphatic rings. The van der Waals surface area contributed by atoms with Crippen molar-refractivity contribution < 1.29 is 14.3 Å². The first-order valence-electron chi connectivity index (χ1n) is 10.6. The van der Waals surface area contributed by atoms with Gasteiger partial charge in [0, 0.05) is 44.6 Å². The SMILES string of the molecule is CCCNC(=O)C1CCC(C(=O)N2CCN(c3ccccc3OC)CC2)CC1. The number of rotatable bonds is 6. The Hall–Kier alpha value is -2.24. The molecule has 1 aliphatic heterocycles. The molecular weight excluding hydrogens is 354 g/mol. The normalized spacial score (nSPS) is 22.6. The first-order valence-corrected chi connectivity index (χ1v) is 10.6. The Balaban J connectivity index is 1.47. The van der Waals surface area contributed by atoms with Crippen molar-refractivity contribution in [3.8, 4) is 5.75 Å². The Morgan fingerprint density at radius 3 is 2.32 bits per heavy atom. The van der Waals surface area contributed by atoms with Crippen LogP contribution in [-0.2, 0) is 9.59 Å². The maximum absolute atomic E-state index is 13.0. The van der Waals surface area contributed by atoms with Gasteiger partial charge < -0.3 is 19.9 Å². The van der Waals surface area contributed by atoms with Gasteiger partial charge in [-0.1, -0.05) is 19.1 Å². The van der Waals surface area contributed by atoms with E-state index in [0.717, 1.165) is 76.3 Å². The number of piperazine rings is 1. The molecule has 0 spiro atoms. The average Bonchev–Trinajstić information content (AvgIpc) is 2.77. The van der Waals surface area contributed by atoms with Crippen LogP contribution in [0.1, 0.15) is 39.0 Å². The van der Waals surface area contributed by atoms with Crippen LogP contribution in [-0.4, -0.2) is 56.5 Å². The second-order valence-electron chi connectivity index (χ2n) is 7.82. The van der Waals surface area contributed by atoms with Crippen molar-refractivity contribution in [3.63, 3.8) is 0 Å². The number of hydrogen-bond donors (Lipinski definition) is 1. The molecule has 0 aromatic heterocycles. The highest BCUT2D eigenvalue weighted by atomic mass is 16.5. The largest absolute Gasteiger partial charge is 0.495 e. The first-order chi connectivity index (χ1) is 13.6. The lowest BCUT2D eigenvalue weighted by Crippen LogP contribution is -2.51. The van der Waals surface area contributed by atoms with Crippen LogP contribution in [0.5, 0.6) is 5.75 Å². The molecule has 154 valence electrons. The summed E-state index contributed by atoms with van der Waals surface area (Å²) in [4.78, 5) is 29.4. The summed E-state index contributed by atoms with van der Waals surface area (Å²) in [7, 11) is 1.69. The summed E-state index contributed by atoms with van der Waals surface area (Å²) in [6.07, 6.45) is 4.27. The molecule has 3 rings (SSSR count). The zero-order valence-electron chi connectivity index (χ0n) is 17.2. The molecule has 6 nitrogen and oxygen atoms in total. The number of carbonyl (C=O) groups excluding carboxylic acids is 2. The van der Waals surface area contributed by atoms with Crippen LogP contribution in [0.15, 0.2) is 24.3 Å². The van der Waals surface area contributed by atoms with Gasteiger partial charge in [0.2, 0.25) is 11.8 Å². The van der Waals surface area contributed by atoms with Crippen molar-refractivity contribution >= 4 is 17.5 Å². The summed E-state index contributed by atoms with van der Waals surface area (Å²) < 4.78 is 5.47. The fourth-order valence-corrected chi connectivity index (χ4v) is 4.31.